The monoisotopic (exact) mass is 300 g/mol. The lowest BCUT2D eigenvalue weighted by Crippen LogP contribution is -2.37. The summed E-state index contributed by atoms with van der Waals surface area (Å²) in [6.45, 7) is 0.655. The van der Waals surface area contributed by atoms with E-state index < -0.39 is 18.7 Å². The minimum Gasteiger partial charge on any atom is -0.478 e. The fourth-order valence-corrected chi connectivity index (χ4v) is 2.10. The molecular formula is C14H15F3N2O2. The van der Waals surface area contributed by atoms with Crippen molar-refractivity contribution in [2.45, 2.75) is 32.0 Å². The maximum Gasteiger partial charge on any atom is 0.405 e. The Morgan fingerprint density at radius 3 is 2.67 bits per heavy atom. The van der Waals surface area contributed by atoms with Crippen LogP contribution in [0.25, 0.3) is 6.08 Å². The number of aryl methyl sites for hydroxylation is 1. The molecule has 1 aromatic rings. The van der Waals surface area contributed by atoms with E-state index in [1.54, 1.807) is 13.0 Å². The van der Waals surface area contributed by atoms with Crippen LogP contribution < -0.4 is 4.90 Å². The highest BCUT2D eigenvalue weighted by molar-refractivity contribution is 5.85. The first-order chi connectivity index (χ1) is 9.76. The van der Waals surface area contributed by atoms with Gasteiger partial charge in [-0.3, -0.25) is 0 Å². The number of halogens is 3. The highest BCUT2D eigenvalue weighted by Gasteiger charge is 2.39. The van der Waals surface area contributed by atoms with Crippen LogP contribution in [0.4, 0.5) is 19.0 Å². The number of aromatic nitrogens is 1. The van der Waals surface area contributed by atoms with E-state index in [1.807, 2.05) is 0 Å². The van der Waals surface area contributed by atoms with E-state index in [2.05, 4.69) is 4.98 Å². The van der Waals surface area contributed by atoms with Gasteiger partial charge in [-0.1, -0.05) is 0 Å². The Kier molecular flexibility index (Phi) is 4.20. The highest BCUT2D eigenvalue weighted by atomic mass is 19.4. The fourth-order valence-electron chi connectivity index (χ4n) is 2.10. The van der Waals surface area contributed by atoms with Crippen molar-refractivity contribution in [2.24, 2.45) is 0 Å². The number of hydrogen-bond acceptors (Lipinski definition) is 3. The van der Waals surface area contributed by atoms with Gasteiger partial charge in [0.1, 0.15) is 12.4 Å². The Bertz CT molecular complexity index is 566. The molecule has 0 amide bonds. The molecule has 0 atom stereocenters. The smallest absolute Gasteiger partial charge is 0.405 e. The minimum absolute atomic E-state index is 0.113. The molecule has 7 heteroatoms. The molecule has 114 valence electrons. The molecule has 1 aliphatic carbocycles. The SMILES string of the molecule is Cc1cc(/C=C/C(=O)O)cnc1N(CC(F)(F)F)C1CC1. The second-order valence-electron chi connectivity index (χ2n) is 5.05. The third-order valence-electron chi connectivity index (χ3n) is 3.10. The van der Waals surface area contributed by atoms with Crippen molar-refractivity contribution in [3.8, 4) is 0 Å². The van der Waals surface area contributed by atoms with Gasteiger partial charge in [0, 0.05) is 18.3 Å². The molecule has 1 aromatic heterocycles. The summed E-state index contributed by atoms with van der Waals surface area (Å²) >= 11 is 0. The van der Waals surface area contributed by atoms with E-state index >= 15 is 0 Å². The first-order valence-electron chi connectivity index (χ1n) is 6.47. The predicted octanol–water partition coefficient (Wildman–Crippen LogP) is 3.02. The molecule has 1 saturated carbocycles. The highest BCUT2D eigenvalue weighted by Crippen LogP contribution is 2.35. The summed E-state index contributed by atoms with van der Waals surface area (Å²) in [5.41, 5.74) is 1.14. The molecule has 4 nitrogen and oxygen atoms in total. The lowest BCUT2D eigenvalue weighted by Gasteiger charge is -2.26. The molecule has 0 radical (unpaired) electrons. The normalized spacial score (nSPS) is 15.4. The maximum atomic E-state index is 12.7. The number of carboxylic acids is 1. The zero-order chi connectivity index (χ0) is 15.6. The van der Waals surface area contributed by atoms with Gasteiger partial charge in [-0.25, -0.2) is 9.78 Å². The Morgan fingerprint density at radius 1 is 1.52 bits per heavy atom. The molecule has 0 aromatic carbocycles. The van der Waals surface area contributed by atoms with Crippen LogP contribution in [-0.2, 0) is 4.79 Å². The van der Waals surface area contributed by atoms with Crippen molar-refractivity contribution in [2.75, 3.05) is 11.4 Å². The summed E-state index contributed by atoms with van der Waals surface area (Å²) in [4.78, 5) is 15.8. The van der Waals surface area contributed by atoms with Gasteiger partial charge < -0.3 is 10.0 Å². The molecule has 0 unspecified atom stereocenters. The predicted molar refractivity (Wildman–Crippen MR) is 72.1 cm³/mol. The summed E-state index contributed by atoms with van der Waals surface area (Å²) in [5.74, 6) is -0.782. The number of anilines is 1. The van der Waals surface area contributed by atoms with Crippen LogP contribution in [0.15, 0.2) is 18.3 Å². The van der Waals surface area contributed by atoms with Crippen LogP contribution in [0.1, 0.15) is 24.0 Å². The first kappa shape index (κ1) is 15.3. The van der Waals surface area contributed by atoms with Crippen molar-refractivity contribution >= 4 is 17.9 Å². The molecule has 0 spiro atoms. The summed E-state index contributed by atoms with van der Waals surface area (Å²) in [5, 5.41) is 8.56. The maximum absolute atomic E-state index is 12.7. The van der Waals surface area contributed by atoms with E-state index in [0.29, 0.717) is 16.9 Å². The summed E-state index contributed by atoms with van der Waals surface area (Å²) in [6.07, 6.45) is 0.893. The first-order valence-corrected chi connectivity index (χ1v) is 6.47. The number of carboxylic acid groups (broad SMARTS) is 1. The van der Waals surface area contributed by atoms with Crippen LogP contribution in [0.3, 0.4) is 0 Å². The van der Waals surface area contributed by atoms with Gasteiger partial charge in [0.15, 0.2) is 0 Å². The molecule has 0 saturated heterocycles. The lowest BCUT2D eigenvalue weighted by molar-refractivity contribution is -0.131. The Balaban J connectivity index is 2.23. The minimum atomic E-state index is -4.28. The average molecular weight is 300 g/mol. The van der Waals surface area contributed by atoms with Crippen molar-refractivity contribution in [3.05, 3.63) is 29.5 Å². The molecular weight excluding hydrogens is 285 g/mol. The van der Waals surface area contributed by atoms with Crippen LogP contribution >= 0.6 is 0 Å². The third kappa shape index (κ3) is 4.47. The number of pyridine rings is 1. The Hall–Kier alpha value is -2.05. The van der Waals surface area contributed by atoms with Crippen molar-refractivity contribution in [1.29, 1.82) is 0 Å². The molecule has 1 aliphatic rings. The third-order valence-corrected chi connectivity index (χ3v) is 3.10. The largest absolute Gasteiger partial charge is 0.478 e. The molecule has 1 N–H and O–H groups in total. The molecule has 2 rings (SSSR count). The summed E-state index contributed by atoms with van der Waals surface area (Å²) in [7, 11) is 0. The van der Waals surface area contributed by atoms with Gasteiger partial charge in [-0.05, 0) is 43.0 Å². The van der Waals surface area contributed by atoms with Gasteiger partial charge in [-0.2, -0.15) is 13.2 Å². The second-order valence-corrected chi connectivity index (χ2v) is 5.05. The second kappa shape index (κ2) is 5.75. The van der Waals surface area contributed by atoms with Gasteiger partial charge in [-0.15, -0.1) is 0 Å². The van der Waals surface area contributed by atoms with Gasteiger partial charge in [0.2, 0.25) is 0 Å². The topological polar surface area (TPSA) is 53.4 Å². The quantitative estimate of drug-likeness (QED) is 0.849. The van der Waals surface area contributed by atoms with E-state index in [4.69, 9.17) is 5.11 Å². The zero-order valence-corrected chi connectivity index (χ0v) is 11.4. The van der Waals surface area contributed by atoms with Gasteiger partial charge in [0.25, 0.3) is 0 Å². The number of alkyl halides is 3. The molecule has 1 heterocycles. The van der Waals surface area contributed by atoms with Crippen LogP contribution in [0.2, 0.25) is 0 Å². The van der Waals surface area contributed by atoms with Crippen LogP contribution in [0.5, 0.6) is 0 Å². The summed E-state index contributed by atoms with van der Waals surface area (Å²) < 4.78 is 38.0. The van der Waals surface area contributed by atoms with E-state index in [1.165, 1.54) is 17.2 Å². The van der Waals surface area contributed by atoms with E-state index in [-0.39, 0.29) is 6.04 Å². The van der Waals surface area contributed by atoms with Crippen LogP contribution in [0, 0.1) is 6.92 Å². The molecule has 21 heavy (non-hydrogen) atoms. The molecule has 0 bridgehead atoms. The van der Waals surface area contributed by atoms with Gasteiger partial charge in [0.05, 0.1) is 0 Å². The zero-order valence-electron chi connectivity index (χ0n) is 11.4. The number of carbonyl (C=O) groups is 1. The number of hydrogen-bond donors (Lipinski definition) is 1. The Morgan fingerprint density at radius 2 is 2.19 bits per heavy atom. The van der Waals surface area contributed by atoms with E-state index in [0.717, 1.165) is 18.9 Å². The summed E-state index contributed by atoms with van der Waals surface area (Å²) in [6, 6.07) is 1.52. The van der Waals surface area contributed by atoms with E-state index in [9.17, 15) is 18.0 Å². The van der Waals surface area contributed by atoms with Gasteiger partial charge >= 0.3 is 12.1 Å². The van der Waals surface area contributed by atoms with Crippen molar-refractivity contribution in [1.82, 2.24) is 4.98 Å². The standard InChI is InChI=1S/C14H15F3N2O2/c1-9-6-10(2-5-12(20)21)7-18-13(9)19(11-3-4-11)8-14(15,16)17/h2,5-7,11H,3-4,8H2,1H3,(H,20,21)/b5-2+. The number of aliphatic carboxylic acids is 1. The molecule has 1 fully saturated rings. The lowest BCUT2D eigenvalue weighted by atomic mass is 10.2. The van der Waals surface area contributed by atoms with Crippen molar-refractivity contribution < 1.29 is 23.1 Å². The number of rotatable bonds is 5. The molecule has 0 aliphatic heterocycles. The Labute approximate surface area is 119 Å². The number of nitrogens with zero attached hydrogens (tertiary/aromatic N) is 2. The average Bonchev–Trinajstić information content (AvgIpc) is 3.17. The fraction of sp³-hybridized carbons (Fsp3) is 0.429. The van der Waals surface area contributed by atoms with Crippen LogP contribution in [-0.4, -0.2) is 34.8 Å². The van der Waals surface area contributed by atoms with Crippen molar-refractivity contribution in [3.63, 3.8) is 0 Å².